The van der Waals surface area contributed by atoms with Crippen LogP contribution in [0.1, 0.15) is 30.1 Å². The van der Waals surface area contributed by atoms with Gasteiger partial charge in [-0.2, -0.15) is 0 Å². The summed E-state index contributed by atoms with van der Waals surface area (Å²) in [7, 11) is 1.42. The Morgan fingerprint density at radius 3 is 2.35 bits per heavy atom. The molecule has 0 saturated heterocycles. The Hall–Kier alpha value is -1.65. The lowest BCUT2D eigenvalue weighted by Crippen LogP contribution is -2.24. The number of amides is 1. The van der Waals surface area contributed by atoms with Crippen molar-refractivity contribution in [2.45, 2.75) is 19.8 Å². The molecule has 0 heterocycles. The number of halogens is 2. The highest BCUT2D eigenvalue weighted by molar-refractivity contribution is 5.94. The number of unbranched alkanes of at least 4 members (excludes halogenated alkanes) is 1. The minimum atomic E-state index is -0.770. The number of nitrogens with one attached hydrogen (secondary N) is 2. The van der Waals surface area contributed by atoms with Gasteiger partial charge in [-0.3, -0.25) is 4.79 Å². The molecule has 1 rings (SSSR count). The van der Waals surface area contributed by atoms with E-state index in [1.54, 1.807) is 0 Å². The maximum Gasteiger partial charge on any atom is 0.251 e. The first-order valence-corrected chi connectivity index (χ1v) is 5.55. The predicted octanol–water partition coefficient (Wildman–Crippen LogP) is 2.54. The summed E-state index contributed by atoms with van der Waals surface area (Å²) in [6.45, 7) is 2.50. The van der Waals surface area contributed by atoms with E-state index in [0.717, 1.165) is 25.0 Å². The van der Waals surface area contributed by atoms with Gasteiger partial charge in [0.25, 0.3) is 5.91 Å². The molecule has 17 heavy (non-hydrogen) atoms. The smallest absolute Gasteiger partial charge is 0.251 e. The average molecular weight is 242 g/mol. The van der Waals surface area contributed by atoms with E-state index in [0.29, 0.717) is 6.54 Å². The zero-order valence-electron chi connectivity index (χ0n) is 9.94. The number of hydrogen-bond acceptors (Lipinski definition) is 2. The van der Waals surface area contributed by atoms with E-state index in [2.05, 4.69) is 10.6 Å². The normalized spacial score (nSPS) is 10.1. The molecule has 2 N–H and O–H groups in total. The van der Waals surface area contributed by atoms with Crippen LogP contribution in [0.25, 0.3) is 0 Å². The van der Waals surface area contributed by atoms with Crippen LogP contribution in [0.3, 0.4) is 0 Å². The predicted molar refractivity (Wildman–Crippen MR) is 63.1 cm³/mol. The average Bonchev–Trinajstić information content (AvgIpc) is 2.28. The van der Waals surface area contributed by atoms with Gasteiger partial charge < -0.3 is 10.6 Å². The Labute approximate surface area is 99.2 Å². The van der Waals surface area contributed by atoms with Gasteiger partial charge in [0, 0.05) is 19.2 Å². The van der Waals surface area contributed by atoms with Crippen molar-refractivity contribution < 1.29 is 13.6 Å². The molecule has 0 aliphatic heterocycles. The number of rotatable bonds is 5. The third kappa shape index (κ3) is 3.41. The Morgan fingerprint density at radius 2 is 1.88 bits per heavy atom. The summed E-state index contributed by atoms with van der Waals surface area (Å²) < 4.78 is 26.8. The zero-order valence-corrected chi connectivity index (χ0v) is 9.94. The lowest BCUT2D eigenvalue weighted by atomic mass is 10.1. The lowest BCUT2D eigenvalue weighted by molar-refractivity contribution is 0.0952. The maximum absolute atomic E-state index is 13.4. The topological polar surface area (TPSA) is 41.1 Å². The molecule has 0 aliphatic rings. The fraction of sp³-hybridized carbons (Fsp3) is 0.417. The van der Waals surface area contributed by atoms with E-state index in [4.69, 9.17) is 0 Å². The first kappa shape index (κ1) is 13.4. The minimum Gasteiger partial charge on any atom is -0.383 e. The van der Waals surface area contributed by atoms with Gasteiger partial charge in [-0.05, 0) is 18.6 Å². The van der Waals surface area contributed by atoms with Crippen LogP contribution in [0, 0.1) is 11.6 Å². The van der Waals surface area contributed by atoms with Crippen molar-refractivity contribution >= 4 is 11.6 Å². The highest BCUT2D eigenvalue weighted by Crippen LogP contribution is 2.20. The number of anilines is 1. The van der Waals surface area contributed by atoms with Gasteiger partial charge in [0.1, 0.15) is 17.3 Å². The van der Waals surface area contributed by atoms with Crippen molar-refractivity contribution in [1.82, 2.24) is 5.32 Å². The monoisotopic (exact) mass is 242 g/mol. The van der Waals surface area contributed by atoms with Crippen molar-refractivity contribution in [1.29, 1.82) is 0 Å². The molecule has 1 amide bonds. The summed E-state index contributed by atoms with van der Waals surface area (Å²) in [5.41, 5.74) is -0.231. The van der Waals surface area contributed by atoms with E-state index in [9.17, 15) is 13.6 Å². The van der Waals surface area contributed by atoms with Crippen molar-refractivity contribution in [3.05, 3.63) is 29.3 Å². The molecule has 1 aromatic rings. The summed E-state index contributed by atoms with van der Waals surface area (Å²) in [4.78, 5) is 11.6. The molecule has 0 bridgehead atoms. The van der Waals surface area contributed by atoms with Crippen LogP contribution in [-0.4, -0.2) is 19.5 Å². The highest BCUT2D eigenvalue weighted by Gasteiger charge is 2.13. The standard InChI is InChI=1S/C12H16F2N2O/c1-3-4-5-16-12(17)8-6-9(13)11(15-2)10(14)7-8/h6-7,15H,3-5H2,1-2H3,(H,16,17). The lowest BCUT2D eigenvalue weighted by Gasteiger charge is -2.08. The van der Waals surface area contributed by atoms with Gasteiger partial charge >= 0.3 is 0 Å². The van der Waals surface area contributed by atoms with Crippen LogP contribution in [-0.2, 0) is 0 Å². The zero-order chi connectivity index (χ0) is 12.8. The third-order valence-corrected chi connectivity index (χ3v) is 2.37. The Kier molecular flexibility index (Phi) is 4.87. The van der Waals surface area contributed by atoms with Crippen LogP contribution >= 0.6 is 0 Å². The summed E-state index contributed by atoms with van der Waals surface area (Å²) in [6, 6.07) is 2.05. The van der Waals surface area contributed by atoms with E-state index >= 15 is 0 Å². The van der Waals surface area contributed by atoms with Crippen LogP contribution in [0.2, 0.25) is 0 Å². The second kappa shape index (κ2) is 6.18. The summed E-state index contributed by atoms with van der Waals surface area (Å²) in [5, 5.41) is 5.00. The summed E-state index contributed by atoms with van der Waals surface area (Å²) in [5.74, 6) is -2.00. The number of hydrogen-bond donors (Lipinski definition) is 2. The Morgan fingerprint density at radius 1 is 1.29 bits per heavy atom. The quantitative estimate of drug-likeness (QED) is 0.779. The van der Waals surface area contributed by atoms with E-state index in [1.165, 1.54) is 7.05 Å². The fourth-order valence-electron chi connectivity index (χ4n) is 1.42. The largest absolute Gasteiger partial charge is 0.383 e. The van der Waals surface area contributed by atoms with E-state index in [-0.39, 0.29) is 11.3 Å². The van der Waals surface area contributed by atoms with Gasteiger partial charge in [-0.15, -0.1) is 0 Å². The Balaban J connectivity index is 2.81. The molecule has 0 unspecified atom stereocenters. The van der Waals surface area contributed by atoms with Crippen LogP contribution in [0.15, 0.2) is 12.1 Å². The van der Waals surface area contributed by atoms with Crippen LogP contribution < -0.4 is 10.6 Å². The Bertz CT molecular complexity index is 384. The van der Waals surface area contributed by atoms with Gasteiger partial charge in [0.2, 0.25) is 0 Å². The van der Waals surface area contributed by atoms with E-state index < -0.39 is 17.5 Å². The summed E-state index contributed by atoms with van der Waals surface area (Å²) >= 11 is 0. The first-order valence-electron chi connectivity index (χ1n) is 5.55. The highest BCUT2D eigenvalue weighted by atomic mass is 19.1. The van der Waals surface area contributed by atoms with Gasteiger partial charge in [-0.1, -0.05) is 13.3 Å². The number of carbonyl (C=O) groups excluding carboxylic acids is 1. The van der Waals surface area contributed by atoms with Gasteiger partial charge in [0.15, 0.2) is 0 Å². The molecule has 0 radical (unpaired) electrons. The third-order valence-electron chi connectivity index (χ3n) is 2.37. The van der Waals surface area contributed by atoms with Crippen LogP contribution in [0.4, 0.5) is 14.5 Å². The molecule has 5 heteroatoms. The summed E-state index contributed by atoms with van der Waals surface area (Å²) in [6.07, 6.45) is 1.78. The second-order valence-corrected chi connectivity index (χ2v) is 3.67. The fourth-order valence-corrected chi connectivity index (χ4v) is 1.42. The molecule has 1 aromatic carbocycles. The van der Waals surface area contributed by atoms with Gasteiger partial charge in [0.05, 0.1) is 0 Å². The molecule has 0 aromatic heterocycles. The molecule has 0 spiro atoms. The molecular weight excluding hydrogens is 226 g/mol. The van der Waals surface area contributed by atoms with Crippen molar-refractivity contribution in [2.75, 3.05) is 18.9 Å². The molecule has 0 saturated carbocycles. The van der Waals surface area contributed by atoms with Crippen molar-refractivity contribution in [2.24, 2.45) is 0 Å². The maximum atomic E-state index is 13.4. The van der Waals surface area contributed by atoms with E-state index in [1.807, 2.05) is 6.92 Å². The van der Waals surface area contributed by atoms with Crippen LogP contribution in [0.5, 0.6) is 0 Å². The van der Waals surface area contributed by atoms with Crippen molar-refractivity contribution in [3.8, 4) is 0 Å². The minimum absolute atomic E-state index is 0.00453. The van der Waals surface area contributed by atoms with Crippen molar-refractivity contribution in [3.63, 3.8) is 0 Å². The molecular formula is C12H16F2N2O. The van der Waals surface area contributed by atoms with Gasteiger partial charge in [-0.25, -0.2) is 8.78 Å². The molecule has 0 fully saturated rings. The molecule has 0 atom stereocenters. The SMILES string of the molecule is CCCCNC(=O)c1cc(F)c(NC)c(F)c1. The molecule has 94 valence electrons. The number of carbonyl (C=O) groups is 1. The first-order chi connectivity index (χ1) is 8.10. The molecule has 0 aliphatic carbocycles. The molecule has 3 nitrogen and oxygen atoms in total. The number of benzene rings is 1. The second-order valence-electron chi connectivity index (χ2n) is 3.67.